The molecule has 0 radical (unpaired) electrons. The molecule has 14 nitrogen and oxygen atoms in total. The molecule has 2 saturated heterocycles. The molecular weight excluding hydrogens is 1140 g/mol. The van der Waals surface area contributed by atoms with Crippen molar-refractivity contribution in [2.45, 2.75) is 118 Å². The zero-order chi connectivity index (χ0) is 59.9. The number of aliphatic carboxylic acids is 1. The number of rotatable bonds is 22. The summed E-state index contributed by atoms with van der Waals surface area (Å²) >= 11 is 15.5. The van der Waals surface area contributed by atoms with E-state index in [1.54, 1.807) is 41.2 Å². The molecule has 0 aliphatic carbocycles. The van der Waals surface area contributed by atoms with Gasteiger partial charge in [0.25, 0.3) is 26.5 Å². The summed E-state index contributed by atoms with van der Waals surface area (Å²) in [6, 6.07) is 39.3. The number of ether oxygens (including phenoxy) is 4. The van der Waals surface area contributed by atoms with Crippen molar-refractivity contribution in [1.29, 1.82) is 0 Å². The molecule has 0 saturated carbocycles. The molecule has 2 heterocycles. The van der Waals surface area contributed by atoms with Crippen molar-refractivity contribution in [3.8, 4) is 22.3 Å². The molecular formula is C61H74B3BrCl2O14. The fraction of sp³-hybridized carbons (Fsp3) is 0.426. The van der Waals surface area contributed by atoms with E-state index in [1.165, 1.54) is 13.8 Å². The molecule has 2 aliphatic rings. The standard InChI is InChI=1S/C22H24BClO5.C21H26BClO4.C18H24BBrO5/c1-22(20(25)28-14-29-21(22)26)12-16(13-23(2)27)10-15-6-8-17(9-7-15)18-4-3-5-19(24)11-18;1-21(14-24,20(25)26)12-16(13-22(2)27)10-15-6-8-17(9-7-15)18-4-3-5-19(23)11-18;1-17(2)24-15(21)18(3,16(22)25-17)10-13(11-19(4)23)9-12-5-7-14(20)8-6-12/h3-9,11,16,27H,10,12-14H2,1-2H3;3-9,11,16,24,27H,10,12-14H2,1-2H3,(H,25,26);5-8,13,23H,9-11H2,1-4H3/t16-;16-,21+;13-/m111/s1. The molecule has 5 aromatic carbocycles. The van der Waals surface area contributed by atoms with Crippen LogP contribution in [0.15, 0.2) is 126 Å². The normalized spacial score (nSPS) is 16.9. The molecule has 5 N–H and O–H groups in total. The van der Waals surface area contributed by atoms with E-state index < -0.39 is 79.2 Å². The minimum Gasteiger partial charge on any atom is -0.481 e. The maximum atomic E-state index is 12.5. The summed E-state index contributed by atoms with van der Waals surface area (Å²) in [5, 5.41) is 49.9. The Labute approximate surface area is 495 Å². The van der Waals surface area contributed by atoms with Gasteiger partial charge in [-0.25, -0.2) is 0 Å². The van der Waals surface area contributed by atoms with Crippen LogP contribution in [0.2, 0.25) is 49.5 Å². The second-order valence-corrected chi connectivity index (χ2v) is 24.8. The van der Waals surface area contributed by atoms with Crippen molar-refractivity contribution in [2.24, 2.45) is 34.0 Å². The summed E-state index contributed by atoms with van der Waals surface area (Å²) in [6.07, 6.45) is 4.17. The van der Waals surface area contributed by atoms with Crippen LogP contribution < -0.4 is 0 Å². The smallest absolute Gasteiger partial charge is 0.326 e. The third-order valence-corrected chi connectivity index (χ3v) is 15.6. The van der Waals surface area contributed by atoms with Gasteiger partial charge in [-0.3, -0.25) is 24.0 Å². The number of carboxylic acid groups (broad SMARTS) is 1. The van der Waals surface area contributed by atoms with Crippen LogP contribution in [0.4, 0.5) is 0 Å². The molecule has 0 amide bonds. The predicted molar refractivity (Wildman–Crippen MR) is 322 cm³/mol. The maximum Gasteiger partial charge on any atom is 0.326 e. The minimum atomic E-state index is -1.36. The zero-order valence-electron chi connectivity index (χ0n) is 47.3. The lowest BCUT2D eigenvalue weighted by atomic mass is 9.60. The first-order valence-corrected chi connectivity index (χ1v) is 28.7. The van der Waals surface area contributed by atoms with Gasteiger partial charge in [0.05, 0.1) is 12.0 Å². The highest BCUT2D eigenvalue weighted by Gasteiger charge is 2.54. The van der Waals surface area contributed by atoms with Gasteiger partial charge in [-0.1, -0.05) is 145 Å². The van der Waals surface area contributed by atoms with Crippen LogP contribution in [0.1, 0.15) is 70.6 Å². The van der Waals surface area contributed by atoms with E-state index in [0.29, 0.717) is 54.7 Å². The number of carbonyl (C=O) groups is 5. The van der Waals surface area contributed by atoms with Gasteiger partial charge in [0.2, 0.25) is 6.79 Å². The van der Waals surface area contributed by atoms with Gasteiger partial charge in [0.1, 0.15) is 0 Å². The number of esters is 4. The van der Waals surface area contributed by atoms with Crippen LogP contribution in [0, 0.1) is 34.0 Å². The molecule has 7 rings (SSSR count). The largest absolute Gasteiger partial charge is 0.481 e. The third kappa shape index (κ3) is 19.9. The lowest BCUT2D eigenvalue weighted by Crippen LogP contribution is -2.53. The van der Waals surface area contributed by atoms with E-state index in [4.69, 9.17) is 42.1 Å². The number of halogens is 3. The number of cyclic esters (lactones) is 4. The minimum absolute atomic E-state index is 0.0460. The fourth-order valence-electron chi connectivity index (χ4n) is 10.4. The van der Waals surface area contributed by atoms with Crippen LogP contribution in [-0.4, -0.2) is 95.1 Å². The highest BCUT2D eigenvalue weighted by Crippen LogP contribution is 2.40. The van der Waals surface area contributed by atoms with Crippen LogP contribution in [0.3, 0.4) is 0 Å². The Bertz CT molecular complexity index is 2870. The van der Waals surface area contributed by atoms with Gasteiger partial charge < -0.3 is 44.2 Å². The van der Waals surface area contributed by atoms with Crippen LogP contribution in [-0.2, 0) is 62.2 Å². The lowest BCUT2D eigenvalue weighted by molar-refractivity contribution is -0.250. The fourth-order valence-corrected chi connectivity index (χ4v) is 11.1. The summed E-state index contributed by atoms with van der Waals surface area (Å²) in [6.45, 7) is 10.5. The molecule has 5 aromatic rings. The molecule has 0 bridgehead atoms. The van der Waals surface area contributed by atoms with Crippen LogP contribution in [0.5, 0.6) is 0 Å². The van der Waals surface area contributed by atoms with Crippen molar-refractivity contribution in [1.82, 2.24) is 0 Å². The Balaban J connectivity index is 0.000000224. The van der Waals surface area contributed by atoms with Crippen LogP contribution in [0.25, 0.3) is 22.3 Å². The number of hydrogen-bond donors (Lipinski definition) is 5. The second kappa shape index (κ2) is 29.7. The Kier molecular flexibility index (Phi) is 24.3. The first-order valence-electron chi connectivity index (χ1n) is 27.2. The first kappa shape index (κ1) is 66.3. The van der Waals surface area contributed by atoms with E-state index in [0.717, 1.165) is 43.4 Å². The average molecular weight is 1210 g/mol. The number of aliphatic hydroxyl groups is 1. The summed E-state index contributed by atoms with van der Waals surface area (Å²) in [4.78, 5) is 60.9. The average Bonchev–Trinajstić information content (AvgIpc) is 3.52. The van der Waals surface area contributed by atoms with Crippen LogP contribution >= 0.6 is 39.1 Å². The molecule has 432 valence electrons. The van der Waals surface area contributed by atoms with E-state index in [-0.39, 0.29) is 37.4 Å². The van der Waals surface area contributed by atoms with Gasteiger partial charge in [-0.2, -0.15) is 0 Å². The van der Waals surface area contributed by atoms with Crippen molar-refractivity contribution < 1.29 is 68.2 Å². The molecule has 20 heteroatoms. The first-order chi connectivity index (χ1) is 38.0. The third-order valence-electron chi connectivity index (χ3n) is 14.6. The van der Waals surface area contributed by atoms with Crippen molar-refractivity contribution in [3.05, 3.63) is 153 Å². The molecule has 4 atom stereocenters. The zero-order valence-corrected chi connectivity index (χ0v) is 50.4. The SMILES string of the molecule is CB(O)C[C@H](Cc1ccc(-c2cccc(Cl)c2)cc1)CC1(C)C(=O)OCOC1=O.CB(O)C[C@H](Cc1ccc(-c2cccc(Cl)c2)cc1)C[C@@](C)(CO)C(=O)O.CB(O)C[C@H](Cc1ccc(Br)cc1)CC1(C)C(=O)OC(C)(C)OC1=O. The summed E-state index contributed by atoms with van der Waals surface area (Å²) in [7, 11) is 0. The van der Waals surface area contributed by atoms with E-state index in [9.17, 15) is 49.3 Å². The van der Waals surface area contributed by atoms with Gasteiger partial charge in [-0.15, -0.1) is 0 Å². The van der Waals surface area contributed by atoms with E-state index in [2.05, 4.69) is 15.9 Å². The van der Waals surface area contributed by atoms with Gasteiger partial charge in [0.15, 0.2) is 10.8 Å². The van der Waals surface area contributed by atoms with E-state index >= 15 is 0 Å². The summed E-state index contributed by atoms with van der Waals surface area (Å²) < 4.78 is 21.4. The molecule has 0 spiro atoms. The van der Waals surface area contributed by atoms with Gasteiger partial charge >= 0.3 is 29.8 Å². The molecule has 81 heavy (non-hydrogen) atoms. The Morgan fingerprint density at radius 2 is 0.938 bits per heavy atom. The number of carboxylic acids is 1. The van der Waals surface area contributed by atoms with Crippen molar-refractivity contribution in [3.63, 3.8) is 0 Å². The monoisotopic (exact) mass is 1210 g/mol. The Morgan fingerprint density at radius 3 is 1.30 bits per heavy atom. The quantitative estimate of drug-likeness (QED) is 0.0247. The van der Waals surface area contributed by atoms with Gasteiger partial charge in [0, 0.05) is 28.4 Å². The second-order valence-electron chi connectivity index (χ2n) is 23.0. The maximum absolute atomic E-state index is 12.5. The summed E-state index contributed by atoms with van der Waals surface area (Å²) in [5.74, 6) is -4.73. The predicted octanol–water partition coefficient (Wildman–Crippen LogP) is 11.9. The Morgan fingerprint density at radius 1 is 0.580 bits per heavy atom. The lowest BCUT2D eigenvalue weighted by Gasteiger charge is -2.39. The molecule has 2 fully saturated rings. The van der Waals surface area contributed by atoms with E-state index in [1.807, 2.05) is 121 Å². The number of hydrogen-bond acceptors (Lipinski definition) is 13. The van der Waals surface area contributed by atoms with Crippen molar-refractivity contribution in [2.75, 3.05) is 13.4 Å². The highest BCUT2D eigenvalue weighted by molar-refractivity contribution is 9.10. The highest BCUT2D eigenvalue weighted by atomic mass is 79.9. The van der Waals surface area contributed by atoms with Crippen molar-refractivity contribution >= 4 is 89.7 Å². The number of benzene rings is 5. The van der Waals surface area contributed by atoms with Gasteiger partial charge in [-0.05, 0) is 171 Å². The molecule has 2 aliphatic heterocycles. The topological polar surface area (TPSA) is 223 Å². The molecule has 0 unspecified atom stereocenters. The summed E-state index contributed by atoms with van der Waals surface area (Å²) in [5.41, 5.74) is 3.46. The Hall–Kier alpha value is -5.46. The molecule has 0 aromatic heterocycles. The number of aliphatic hydroxyl groups excluding tert-OH is 1. The number of carbonyl (C=O) groups excluding carboxylic acids is 4.